The second kappa shape index (κ2) is 2.73. The van der Waals surface area contributed by atoms with Crippen molar-refractivity contribution in [3.8, 4) is 5.75 Å². The summed E-state index contributed by atoms with van der Waals surface area (Å²) in [5, 5.41) is 20.2. The predicted octanol–water partition coefficient (Wildman–Crippen LogP) is 2.36. The van der Waals surface area contributed by atoms with Gasteiger partial charge < -0.3 is 9.52 Å². The molecule has 0 amide bonds. The van der Waals surface area contributed by atoms with E-state index in [1.807, 2.05) is 0 Å². The van der Waals surface area contributed by atoms with Gasteiger partial charge in [0.15, 0.2) is 6.26 Å². The quantitative estimate of drug-likeness (QED) is 0.557. The van der Waals surface area contributed by atoms with Gasteiger partial charge >= 0.3 is 5.69 Å². The molecule has 0 atom stereocenters. The van der Waals surface area contributed by atoms with Crippen molar-refractivity contribution < 1.29 is 14.4 Å². The summed E-state index contributed by atoms with van der Waals surface area (Å²) < 4.78 is 4.99. The minimum Gasteiger partial charge on any atom is -0.508 e. The molecule has 5 nitrogen and oxygen atoms in total. The van der Waals surface area contributed by atoms with E-state index in [0.29, 0.717) is 16.5 Å². The first-order valence-electron chi connectivity index (χ1n) is 3.95. The highest BCUT2D eigenvalue weighted by Crippen LogP contribution is 2.32. The van der Waals surface area contributed by atoms with Gasteiger partial charge in [0, 0.05) is 0 Å². The first-order chi connectivity index (χ1) is 6.59. The van der Waals surface area contributed by atoms with E-state index < -0.39 is 4.92 Å². The Morgan fingerprint density at radius 2 is 2.21 bits per heavy atom. The van der Waals surface area contributed by atoms with E-state index in [-0.39, 0.29) is 11.4 Å². The Morgan fingerprint density at radius 1 is 1.50 bits per heavy atom. The molecule has 1 N–H and O–H groups in total. The number of nitro groups is 1. The van der Waals surface area contributed by atoms with Crippen LogP contribution in [0.15, 0.2) is 22.8 Å². The van der Waals surface area contributed by atoms with Gasteiger partial charge in [0.1, 0.15) is 16.7 Å². The summed E-state index contributed by atoms with van der Waals surface area (Å²) in [6, 6.07) is 2.91. The molecule has 0 spiro atoms. The second-order valence-electron chi connectivity index (χ2n) is 3.01. The van der Waals surface area contributed by atoms with Crippen LogP contribution in [0.25, 0.3) is 11.0 Å². The zero-order valence-electron chi connectivity index (χ0n) is 7.35. The van der Waals surface area contributed by atoms with Crippen molar-refractivity contribution in [3.63, 3.8) is 0 Å². The van der Waals surface area contributed by atoms with Crippen LogP contribution in [0.3, 0.4) is 0 Å². The Bertz CT molecular complexity index is 515. The number of hydrogen-bond acceptors (Lipinski definition) is 4. The molecule has 2 rings (SSSR count). The minimum atomic E-state index is -0.541. The van der Waals surface area contributed by atoms with Crippen LogP contribution in [-0.2, 0) is 0 Å². The molecule has 1 aromatic carbocycles. The first-order valence-corrected chi connectivity index (χ1v) is 3.95. The summed E-state index contributed by atoms with van der Waals surface area (Å²) in [6.07, 6.45) is 1.07. The molecular formula is C9H7NO4. The third-order valence-electron chi connectivity index (χ3n) is 2.07. The molecule has 0 saturated carbocycles. The fourth-order valence-corrected chi connectivity index (χ4v) is 1.29. The van der Waals surface area contributed by atoms with Gasteiger partial charge in [-0.25, -0.2) is 0 Å². The van der Waals surface area contributed by atoms with Gasteiger partial charge in [0.05, 0.1) is 4.92 Å². The summed E-state index contributed by atoms with van der Waals surface area (Å²) >= 11 is 0. The van der Waals surface area contributed by atoms with E-state index in [1.54, 1.807) is 13.0 Å². The molecule has 0 saturated heterocycles. The van der Waals surface area contributed by atoms with E-state index in [2.05, 4.69) is 0 Å². The molecule has 0 bridgehead atoms. The summed E-state index contributed by atoms with van der Waals surface area (Å²) in [7, 11) is 0. The Hall–Kier alpha value is -2.04. The summed E-state index contributed by atoms with van der Waals surface area (Å²) in [5.41, 5.74) is 0.907. The second-order valence-corrected chi connectivity index (χ2v) is 3.01. The maximum atomic E-state index is 10.5. The number of aromatic hydroxyl groups is 1. The molecule has 1 aromatic heterocycles. The maximum Gasteiger partial charge on any atom is 0.315 e. The fourth-order valence-electron chi connectivity index (χ4n) is 1.29. The fraction of sp³-hybridized carbons (Fsp3) is 0.111. The monoisotopic (exact) mass is 193 g/mol. The molecule has 0 unspecified atom stereocenters. The molecule has 2 aromatic rings. The minimum absolute atomic E-state index is 0.0296. The molecule has 0 radical (unpaired) electrons. The number of fused-ring (bicyclic) bond motifs is 1. The Morgan fingerprint density at radius 3 is 2.86 bits per heavy atom. The van der Waals surface area contributed by atoms with Gasteiger partial charge in [-0.2, -0.15) is 0 Å². The number of hydrogen-bond donors (Lipinski definition) is 1. The van der Waals surface area contributed by atoms with Crippen LogP contribution < -0.4 is 0 Å². The topological polar surface area (TPSA) is 76.5 Å². The highest BCUT2D eigenvalue weighted by molar-refractivity contribution is 5.88. The van der Waals surface area contributed by atoms with E-state index in [9.17, 15) is 15.2 Å². The van der Waals surface area contributed by atoms with Gasteiger partial charge in [0.25, 0.3) is 0 Å². The lowest BCUT2D eigenvalue weighted by Gasteiger charge is -1.96. The number of phenols is 1. The lowest BCUT2D eigenvalue weighted by Crippen LogP contribution is -1.85. The van der Waals surface area contributed by atoms with E-state index in [0.717, 1.165) is 6.26 Å². The van der Waals surface area contributed by atoms with Gasteiger partial charge in [-0.05, 0) is 24.6 Å². The molecule has 5 heteroatoms. The third-order valence-corrected chi connectivity index (χ3v) is 2.07. The zero-order valence-corrected chi connectivity index (χ0v) is 7.35. The molecular weight excluding hydrogens is 186 g/mol. The molecule has 0 aliphatic rings. The number of aryl methyl sites for hydroxylation is 1. The Balaban J connectivity index is 2.80. The number of benzene rings is 1. The third kappa shape index (κ3) is 1.10. The average molecular weight is 193 g/mol. The van der Waals surface area contributed by atoms with Crippen LogP contribution in [0.5, 0.6) is 5.75 Å². The predicted molar refractivity (Wildman–Crippen MR) is 49.3 cm³/mol. The molecule has 0 fully saturated rings. The standard InChI is InChI=1S/C9H7NO4/c1-5-2-9-6(3-8(5)11)7(4-14-9)10(12)13/h2-4,11H,1H3. The molecule has 0 aliphatic heterocycles. The van der Waals surface area contributed by atoms with E-state index in [1.165, 1.54) is 6.07 Å². The van der Waals surface area contributed by atoms with Crippen molar-refractivity contribution in [2.45, 2.75) is 6.92 Å². The highest BCUT2D eigenvalue weighted by Gasteiger charge is 2.17. The van der Waals surface area contributed by atoms with E-state index >= 15 is 0 Å². The smallest absolute Gasteiger partial charge is 0.315 e. The number of nitrogens with zero attached hydrogens (tertiary/aromatic N) is 1. The summed E-state index contributed by atoms with van der Waals surface area (Å²) in [4.78, 5) is 10.00. The largest absolute Gasteiger partial charge is 0.508 e. The Kier molecular flexibility index (Phi) is 1.67. The van der Waals surface area contributed by atoms with Gasteiger partial charge in [-0.1, -0.05) is 0 Å². The Labute approximate surface area is 78.7 Å². The maximum absolute atomic E-state index is 10.5. The van der Waals surface area contributed by atoms with E-state index in [4.69, 9.17) is 4.42 Å². The lowest BCUT2D eigenvalue weighted by atomic mass is 10.1. The van der Waals surface area contributed by atoms with Gasteiger partial charge in [-0.3, -0.25) is 10.1 Å². The van der Waals surface area contributed by atoms with Crippen molar-refractivity contribution >= 4 is 16.7 Å². The highest BCUT2D eigenvalue weighted by atomic mass is 16.6. The normalized spacial score (nSPS) is 10.6. The van der Waals surface area contributed by atoms with Gasteiger partial charge in [0.2, 0.25) is 0 Å². The van der Waals surface area contributed by atoms with Crippen LogP contribution in [-0.4, -0.2) is 10.0 Å². The lowest BCUT2D eigenvalue weighted by molar-refractivity contribution is -0.383. The van der Waals surface area contributed by atoms with Crippen molar-refractivity contribution in [1.29, 1.82) is 0 Å². The average Bonchev–Trinajstić information content (AvgIpc) is 2.48. The van der Waals surface area contributed by atoms with Crippen LogP contribution in [0, 0.1) is 17.0 Å². The summed E-state index contributed by atoms with van der Waals surface area (Å²) in [6.45, 7) is 1.70. The molecule has 1 heterocycles. The number of phenolic OH excluding ortho intramolecular Hbond substituents is 1. The zero-order chi connectivity index (χ0) is 10.3. The SMILES string of the molecule is Cc1cc2occ([N+](=O)[O-])c2cc1O. The molecule has 0 aliphatic carbocycles. The van der Waals surface area contributed by atoms with Crippen molar-refractivity contribution in [1.82, 2.24) is 0 Å². The van der Waals surface area contributed by atoms with Crippen molar-refractivity contribution in [2.24, 2.45) is 0 Å². The van der Waals surface area contributed by atoms with Crippen LogP contribution in [0.2, 0.25) is 0 Å². The van der Waals surface area contributed by atoms with Crippen molar-refractivity contribution in [2.75, 3.05) is 0 Å². The van der Waals surface area contributed by atoms with Crippen LogP contribution in [0.1, 0.15) is 5.56 Å². The van der Waals surface area contributed by atoms with Crippen LogP contribution >= 0.6 is 0 Å². The van der Waals surface area contributed by atoms with Crippen LogP contribution in [0.4, 0.5) is 5.69 Å². The molecule has 72 valence electrons. The summed E-state index contributed by atoms with van der Waals surface area (Å²) in [5.74, 6) is 0.0296. The molecule has 14 heavy (non-hydrogen) atoms. The first kappa shape index (κ1) is 8.55. The van der Waals surface area contributed by atoms with Crippen molar-refractivity contribution in [3.05, 3.63) is 34.1 Å². The number of rotatable bonds is 1. The van der Waals surface area contributed by atoms with Gasteiger partial charge in [-0.15, -0.1) is 0 Å². The number of furan rings is 1.